The molecule has 1 aromatic carbocycles. The molecule has 8 nitrogen and oxygen atoms in total. The van der Waals surface area contributed by atoms with Gasteiger partial charge in [-0.1, -0.05) is 56.6 Å². The highest BCUT2D eigenvalue weighted by Gasteiger charge is 2.41. The maximum Gasteiger partial charge on any atom is 0.352 e. The molecule has 0 aromatic heterocycles. The van der Waals surface area contributed by atoms with Gasteiger partial charge in [-0.3, -0.25) is 4.79 Å². The van der Waals surface area contributed by atoms with E-state index in [9.17, 15) is 9.59 Å². The Morgan fingerprint density at radius 2 is 1.83 bits per heavy atom. The number of ether oxygens (including phenoxy) is 6. The molecular weight excluding hydrogens is 480 g/mol. The van der Waals surface area contributed by atoms with E-state index in [-0.39, 0.29) is 25.9 Å². The van der Waals surface area contributed by atoms with Crippen LogP contribution >= 0.6 is 0 Å². The monoisotopic (exact) mass is 522 g/mol. The number of hydrogen-bond acceptors (Lipinski definition) is 8. The number of esters is 2. The summed E-state index contributed by atoms with van der Waals surface area (Å²) in [5, 5.41) is 0. The van der Waals surface area contributed by atoms with Crippen molar-refractivity contribution in [2.45, 2.75) is 90.0 Å². The van der Waals surface area contributed by atoms with Crippen LogP contribution in [0.25, 0.3) is 0 Å². The van der Waals surface area contributed by atoms with Crippen molar-refractivity contribution in [3.8, 4) is 0 Å². The van der Waals surface area contributed by atoms with Gasteiger partial charge < -0.3 is 28.4 Å². The van der Waals surface area contributed by atoms with E-state index in [0.717, 1.165) is 11.6 Å². The van der Waals surface area contributed by atoms with E-state index in [4.69, 9.17) is 28.4 Å². The second-order valence-corrected chi connectivity index (χ2v) is 16.4. The summed E-state index contributed by atoms with van der Waals surface area (Å²) in [5.74, 6) is -2.08. The van der Waals surface area contributed by atoms with Crippen molar-refractivity contribution in [1.82, 2.24) is 0 Å². The maximum absolute atomic E-state index is 13.2. The fourth-order valence-electron chi connectivity index (χ4n) is 3.53. The Hall–Kier alpha value is -2.04. The zero-order chi connectivity index (χ0) is 26.9. The molecule has 0 amide bonds. The van der Waals surface area contributed by atoms with Gasteiger partial charge in [0.05, 0.1) is 12.7 Å². The molecule has 1 aliphatic heterocycles. The van der Waals surface area contributed by atoms with Gasteiger partial charge in [-0.15, -0.1) is 0 Å². The number of carbonyl (C=O) groups is 2. The van der Waals surface area contributed by atoms with Crippen molar-refractivity contribution < 1.29 is 38.0 Å². The molecule has 1 heterocycles. The van der Waals surface area contributed by atoms with Gasteiger partial charge in [0.2, 0.25) is 6.10 Å². The molecule has 0 unspecified atom stereocenters. The summed E-state index contributed by atoms with van der Waals surface area (Å²) in [4.78, 5) is 24.9. The normalized spacial score (nSPS) is 19.8. The Labute approximate surface area is 216 Å². The van der Waals surface area contributed by atoms with Crippen LogP contribution in [0, 0.1) is 0 Å². The lowest BCUT2D eigenvalue weighted by Gasteiger charge is -2.28. The maximum atomic E-state index is 13.2. The van der Waals surface area contributed by atoms with Gasteiger partial charge in [0.1, 0.15) is 19.0 Å². The van der Waals surface area contributed by atoms with Gasteiger partial charge in [-0.2, -0.15) is 0 Å². The smallest absolute Gasteiger partial charge is 0.352 e. The summed E-state index contributed by atoms with van der Waals surface area (Å²) in [7, 11) is -1.17. The van der Waals surface area contributed by atoms with Gasteiger partial charge >= 0.3 is 11.9 Å². The SMILES string of the molecule is C=C(C[C@H](OC(=O)[C@H](OC(C)=O)c1ccccc1)[C@H]1COC(C)(C)O1)[C@@H](C)OCOCC[Si](C)(C)C. The van der Waals surface area contributed by atoms with Crippen LogP contribution < -0.4 is 0 Å². The van der Waals surface area contributed by atoms with E-state index in [1.165, 1.54) is 6.92 Å². The minimum absolute atomic E-state index is 0.160. The van der Waals surface area contributed by atoms with Crippen molar-refractivity contribution >= 4 is 20.0 Å². The molecule has 0 spiro atoms. The predicted octanol–water partition coefficient (Wildman–Crippen LogP) is 5.02. The van der Waals surface area contributed by atoms with Crippen molar-refractivity contribution in [3.05, 3.63) is 48.0 Å². The van der Waals surface area contributed by atoms with Crippen LogP contribution in [0.3, 0.4) is 0 Å². The molecule has 36 heavy (non-hydrogen) atoms. The summed E-state index contributed by atoms with van der Waals surface area (Å²) in [6.45, 7) is 18.8. The van der Waals surface area contributed by atoms with Gasteiger partial charge in [-0.25, -0.2) is 4.79 Å². The van der Waals surface area contributed by atoms with Crippen LogP contribution in [0.15, 0.2) is 42.5 Å². The van der Waals surface area contributed by atoms with E-state index < -0.39 is 44.1 Å². The summed E-state index contributed by atoms with van der Waals surface area (Å²) in [6, 6.07) is 9.81. The van der Waals surface area contributed by atoms with E-state index in [2.05, 4.69) is 26.2 Å². The number of carbonyl (C=O) groups excluding carboxylic acids is 2. The summed E-state index contributed by atoms with van der Waals surface area (Å²) >= 11 is 0. The first kappa shape index (κ1) is 30.2. The number of rotatable bonds is 14. The molecule has 2 rings (SSSR count). The molecule has 1 fully saturated rings. The van der Waals surface area contributed by atoms with Gasteiger partial charge in [-0.05, 0) is 32.4 Å². The minimum atomic E-state index is -1.19. The average molecular weight is 523 g/mol. The molecule has 9 heteroatoms. The standard InChI is InChI=1S/C27H42O8Si/c1-19(20(2)31-18-30-14-15-36(6,7)8)16-23(24-17-32-27(4,5)35-24)34-26(29)25(33-21(3)28)22-12-10-9-11-13-22/h9-13,20,23-25H,1,14-18H2,2-8H3/t20-,23+,24-,25-/m1/s1. The third kappa shape index (κ3) is 10.5. The molecule has 0 saturated carbocycles. The number of benzene rings is 1. The molecule has 0 bridgehead atoms. The predicted molar refractivity (Wildman–Crippen MR) is 139 cm³/mol. The number of hydrogen-bond donors (Lipinski definition) is 0. The highest BCUT2D eigenvalue weighted by Crippen LogP contribution is 2.30. The second kappa shape index (κ2) is 13.5. The van der Waals surface area contributed by atoms with Crippen LogP contribution in [0.2, 0.25) is 25.7 Å². The summed E-state index contributed by atoms with van der Waals surface area (Å²) in [6.07, 6.45) is -2.47. The van der Waals surface area contributed by atoms with Crippen LogP contribution in [-0.2, 0) is 38.0 Å². The van der Waals surface area contributed by atoms with Crippen LogP contribution in [0.4, 0.5) is 0 Å². The van der Waals surface area contributed by atoms with Crippen molar-refractivity contribution in [1.29, 1.82) is 0 Å². The average Bonchev–Trinajstić information content (AvgIpc) is 3.15. The first-order chi connectivity index (χ1) is 16.8. The van der Waals surface area contributed by atoms with Gasteiger partial charge in [0.25, 0.3) is 0 Å². The van der Waals surface area contributed by atoms with Crippen LogP contribution in [0.1, 0.15) is 45.8 Å². The fraction of sp³-hybridized carbons (Fsp3) is 0.630. The van der Waals surface area contributed by atoms with Crippen molar-refractivity contribution in [2.24, 2.45) is 0 Å². The van der Waals surface area contributed by atoms with E-state index >= 15 is 0 Å². The van der Waals surface area contributed by atoms with Crippen LogP contribution in [0.5, 0.6) is 0 Å². The highest BCUT2D eigenvalue weighted by molar-refractivity contribution is 6.76. The van der Waals surface area contributed by atoms with Crippen LogP contribution in [-0.4, -0.2) is 64.1 Å². The summed E-state index contributed by atoms with van der Waals surface area (Å²) in [5.41, 5.74) is 1.24. The zero-order valence-corrected chi connectivity index (χ0v) is 23.7. The first-order valence-electron chi connectivity index (χ1n) is 12.4. The lowest BCUT2D eigenvalue weighted by Crippen LogP contribution is -2.37. The molecule has 0 aliphatic carbocycles. The topological polar surface area (TPSA) is 89.5 Å². The third-order valence-corrected chi connectivity index (χ3v) is 7.45. The van der Waals surface area contributed by atoms with E-state index in [1.54, 1.807) is 38.1 Å². The Morgan fingerprint density at radius 3 is 2.39 bits per heavy atom. The Bertz CT molecular complexity index is 864. The molecule has 1 aromatic rings. The lowest BCUT2D eigenvalue weighted by atomic mass is 10.0. The highest BCUT2D eigenvalue weighted by atomic mass is 28.3. The first-order valence-corrected chi connectivity index (χ1v) is 16.1. The lowest BCUT2D eigenvalue weighted by molar-refractivity contribution is -0.182. The van der Waals surface area contributed by atoms with Crippen molar-refractivity contribution in [2.75, 3.05) is 20.0 Å². The third-order valence-electron chi connectivity index (χ3n) is 5.75. The molecule has 1 aliphatic rings. The second-order valence-electron chi connectivity index (χ2n) is 10.8. The Kier molecular flexibility index (Phi) is 11.3. The molecule has 202 valence electrons. The Morgan fingerprint density at radius 1 is 1.17 bits per heavy atom. The Balaban J connectivity index is 2.06. The molecule has 0 N–H and O–H groups in total. The van der Waals surface area contributed by atoms with Gasteiger partial charge in [0, 0.05) is 33.6 Å². The largest absolute Gasteiger partial charge is 0.456 e. The molecular formula is C27H42O8Si. The molecule has 4 atom stereocenters. The van der Waals surface area contributed by atoms with Crippen molar-refractivity contribution in [3.63, 3.8) is 0 Å². The van der Waals surface area contributed by atoms with Gasteiger partial charge in [0.15, 0.2) is 5.79 Å². The molecule has 0 radical (unpaired) electrons. The zero-order valence-electron chi connectivity index (χ0n) is 22.7. The molecule has 1 saturated heterocycles. The van der Waals surface area contributed by atoms with E-state index in [0.29, 0.717) is 12.2 Å². The minimum Gasteiger partial charge on any atom is -0.456 e. The quantitative estimate of drug-likeness (QED) is 0.111. The van der Waals surface area contributed by atoms with E-state index in [1.807, 2.05) is 13.0 Å². The summed E-state index contributed by atoms with van der Waals surface area (Å²) < 4.78 is 34.3. The fourth-order valence-corrected chi connectivity index (χ4v) is 4.29.